The van der Waals surface area contributed by atoms with Gasteiger partial charge in [-0.3, -0.25) is 0 Å². The standard InChI is InChI=1S/C16H25NO/c1-11-7-12(2)9-14(8-11)10-15(17-4)16-6-5-13(3)18-16/h7-9,13,15-17H,5-6,10H2,1-4H3. The van der Waals surface area contributed by atoms with Crippen LogP contribution in [0.4, 0.5) is 0 Å². The second-order valence-electron chi connectivity index (χ2n) is 5.66. The molecule has 2 rings (SSSR count). The summed E-state index contributed by atoms with van der Waals surface area (Å²) in [6, 6.07) is 7.23. The van der Waals surface area contributed by atoms with Crippen molar-refractivity contribution in [3.63, 3.8) is 0 Å². The lowest BCUT2D eigenvalue weighted by Crippen LogP contribution is -2.39. The molecule has 1 aromatic rings. The first-order valence-electron chi connectivity index (χ1n) is 6.98. The van der Waals surface area contributed by atoms with E-state index in [2.05, 4.69) is 44.3 Å². The zero-order valence-electron chi connectivity index (χ0n) is 12.0. The second-order valence-corrected chi connectivity index (χ2v) is 5.66. The molecule has 0 spiro atoms. The fourth-order valence-corrected chi connectivity index (χ4v) is 2.99. The van der Waals surface area contributed by atoms with Crippen molar-refractivity contribution in [1.82, 2.24) is 5.32 Å². The van der Waals surface area contributed by atoms with Crippen molar-refractivity contribution in [3.8, 4) is 0 Å². The van der Waals surface area contributed by atoms with Crippen LogP contribution in [0.3, 0.4) is 0 Å². The van der Waals surface area contributed by atoms with Gasteiger partial charge in [0.25, 0.3) is 0 Å². The lowest BCUT2D eigenvalue weighted by Gasteiger charge is -2.23. The van der Waals surface area contributed by atoms with E-state index in [0.717, 1.165) is 6.42 Å². The maximum absolute atomic E-state index is 5.98. The van der Waals surface area contributed by atoms with Gasteiger partial charge in [0.1, 0.15) is 0 Å². The van der Waals surface area contributed by atoms with Crippen molar-refractivity contribution >= 4 is 0 Å². The molecule has 1 aliphatic rings. The van der Waals surface area contributed by atoms with Crippen LogP contribution >= 0.6 is 0 Å². The van der Waals surface area contributed by atoms with E-state index in [1.165, 1.54) is 29.5 Å². The molecule has 0 amide bonds. The maximum Gasteiger partial charge on any atom is 0.0735 e. The van der Waals surface area contributed by atoms with Crippen LogP contribution in [0.15, 0.2) is 18.2 Å². The first-order valence-corrected chi connectivity index (χ1v) is 6.98. The Morgan fingerprint density at radius 2 is 1.89 bits per heavy atom. The van der Waals surface area contributed by atoms with Crippen molar-refractivity contribution in [2.45, 2.75) is 58.3 Å². The van der Waals surface area contributed by atoms with Crippen molar-refractivity contribution < 1.29 is 4.74 Å². The van der Waals surface area contributed by atoms with Gasteiger partial charge in [-0.15, -0.1) is 0 Å². The molecule has 0 aromatic heterocycles. The van der Waals surface area contributed by atoms with Crippen LogP contribution in [0, 0.1) is 13.8 Å². The number of hydrogen-bond acceptors (Lipinski definition) is 2. The van der Waals surface area contributed by atoms with E-state index in [1.807, 2.05) is 7.05 Å². The molecule has 0 aliphatic carbocycles. The Hall–Kier alpha value is -0.860. The third kappa shape index (κ3) is 3.33. The molecule has 2 nitrogen and oxygen atoms in total. The van der Waals surface area contributed by atoms with Crippen LogP contribution in [-0.4, -0.2) is 25.3 Å². The molecule has 1 aliphatic heterocycles. The van der Waals surface area contributed by atoms with Crippen molar-refractivity contribution in [3.05, 3.63) is 34.9 Å². The van der Waals surface area contributed by atoms with Gasteiger partial charge in [-0.1, -0.05) is 29.3 Å². The van der Waals surface area contributed by atoms with Gasteiger partial charge in [-0.2, -0.15) is 0 Å². The highest BCUT2D eigenvalue weighted by Gasteiger charge is 2.28. The molecular formula is C16H25NO. The zero-order valence-corrected chi connectivity index (χ0v) is 12.0. The molecule has 0 saturated carbocycles. The molecule has 1 heterocycles. The van der Waals surface area contributed by atoms with E-state index in [9.17, 15) is 0 Å². The predicted molar refractivity (Wildman–Crippen MR) is 76.0 cm³/mol. The molecular weight excluding hydrogens is 222 g/mol. The number of likely N-dealkylation sites (N-methyl/N-ethyl adjacent to an activating group) is 1. The van der Waals surface area contributed by atoms with E-state index in [4.69, 9.17) is 4.74 Å². The van der Waals surface area contributed by atoms with Gasteiger partial charge >= 0.3 is 0 Å². The summed E-state index contributed by atoms with van der Waals surface area (Å²) in [5, 5.41) is 3.43. The molecule has 1 aromatic carbocycles. The molecule has 2 heteroatoms. The quantitative estimate of drug-likeness (QED) is 0.883. The number of ether oxygens (including phenoxy) is 1. The average Bonchev–Trinajstić information content (AvgIpc) is 2.71. The number of aryl methyl sites for hydroxylation is 2. The summed E-state index contributed by atoms with van der Waals surface area (Å²) in [6.45, 7) is 6.50. The molecule has 3 unspecified atom stereocenters. The highest BCUT2D eigenvalue weighted by Crippen LogP contribution is 2.24. The van der Waals surface area contributed by atoms with E-state index >= 15 is 0 Å². The first-order chi connectivity index (χ1) is 8.58. The molecule has 1 fully saturated rings. The predicted octanol–water partition coefficient (Wildman–Crippen LogP) is 3.00. The lowest BCUT2D eigenvalue weighted by atomic mass is 9.97. The van der Waals surface area contributed by atoms with Gasteiger partial charge in [-0.05, 0) is 52.6 Å². The summed E-state index contributed by atoms with van der Waals surface area (Å²) < 4.78 is 5.98. The fraction of sp³-hybridized carbons (Fsp3) is 0.625. The van der Waals surface area contributed by atoms with E-state index in [1.54, 1.807) is 0 Å². The van der Waals surface area contributed by atoms with Gasteiger partial charge < -0.3 is 10.1 Å². The summed E-state index contributed by atoms with van der Waals surface area (Å²) in [5.41, 5.74) is 4.11. The normalized spacial score (nSPS) is 25.3. The van der Waals surface area contributed by atoms with Gasteiger partial charge in [0.05, 0.1) is 12.2 Å². The highest BCUT2D eigenvalue weighted by atomic mass is 16.5. The van der Waals surface area contributed by atoms with E-state index in [-0.39, 0.29) is 0 Å². The number of benzene rings is 1. The molecule has 1 N–H and O–H groups in total. The monoisotopic (exact) mass is 247 g/mol. The summed E-state index contributed by atoms with van der Waals surface area (Å²) >= 11 is 0. The van der Waals surface area contributed by atoms with Gasteiger partial charge in [0, 0.05) is 6.04 Å². The third-order valence-electron chi connectivity index (χ3n) is 3.82. The summed E-state index contributed by atoms with van der Waals surface area (Å²) in [4.78, 5) is 0. The Balaban J connectivity index is 2.05. The molecule has 1 saturated heterocycles. The maximum atomic E-state index is 5.98. The van der Waals surface area contributed by atoms with Crippen LogP contribution in [0.2, 0.25) is 0 Å². The SMILES string of the molecule is CNC(Cc1cc(C)cc(C)c1)C1CCC(C)O1. The van der Waals surface area contributed by atoms with Crippen LogP contribution < -0.4 is 5.32 Å². The lowest BCUT2D eigenvalue weighted by molar-refractivity contribution is 0.0337. The van der Waals surface area contributed by atoms with Crippen molar-refractivity contribution in [2.75, 3.05) is 7.05 Å². The van der Waals surface area contributed by atoms with Crippen LogP contribution in [-0.2, 0) is 11.2 Å². The van der Waals surface area contributed by atoms with Crippen LogP contribution in [0.25, 0.3) is 0 Å². The Morgan fingerprint density at radius 3 is 2.39 bits per heavy atom. The Bertz CT molecular complexity index is 382. The smallest absolute Gasteiger partial charge is 0.0735 e. The van der Waals surface area contributed by atoms with Crippen LogP contribution in [0.5, 0.6) is 0 Å². The minimum Gasteiger partial charge on any atom is -0.374 e. The molecule has 0 radical (unpaired) electrons. The highest BCUT2D eigenvalue weighted by molar-refractivity contribution is 5.29. The largest absolute Gasteiger partial charge is 0.374 e. The van der Waals surface area contributed by atoms with Crippen LogP contribution in [0.1, 0.15) is 36.5 Å². The number of hydrogen-bond donors (Lipinski definition) is 1. The topological polar surface area (TPSA) is 21.3 Å². The summed E-state index contributed by atoms with van der Waals surface area (Å²) in [5.74, 6) is 0. The van der Waals surface area contributed by atoms with Gasteiger partial charge in [0.2, 0.25) is 0 Å². The van der Waals surface area contributed by atoms with Crippen molar-refractivity contribution in [2.24, 2.45) is 0 Å². The Morgan fingerprint density at radius 1 is 1.22 bits per heavy atom. The molecule has 3 atom stereocenters. The van der Waals surface area contributed by atoms with Gasteiger partial charge in [-0.25, -0.2) is 0 Å². The third-order valence-corrected chi connectivity index (χ3v) is 3.82. The summed E-state index contributed by atoms with van der Waals surface area (Å²) in [6.07, 6.45) is 4.21. The Kier molecular flexibility index (Phi) is 4.41. The second kappa shape index (κ2) is 5.85. The average molecular weight is 247 g/mol. The fourth-order valence-electron chi connectivity index (χ4n) is 2.99. The molecule has 0 bridgehead atoms. The van der Waals surface area contributed by atoms with E-state index < -0.39 is 0 Å². The van der Waals surface area contributed by atoms with E-state index in [0.29, 0.717) is 18.2 Å². The first kappa shape index (κ1) is 13.6. The Labute approximate surface area is 111 Å². The molecule has 100 valence electrons. The molecule has 18 heavy (non-hydrogen) atoms. The van der Waals surface area contributed by atoms with Gasteiger partial charge in [0.15, 0.2) is 0 Å². The number of nitrogens with one attached hydrogen (secondary N) is 1. The zero-order chi connectivity index (χ0) is 13.1. The summed E-state index contributed by atoms with van der Waals surface area (Å²) in [7, 11) is 2.04. The number of rotatable bonds is 4. The minimum atomic E-state index is 0.366. The van der Waals surface area contributed by atoms with Crippen molar-refractivity contribution in [1.29, 1.82) is 0 Å². The minimum absolute atomic E-state index is 0.366.